The van der Waals surface area contributed by atoms with Gasteiger partial charge in [-0.15, -0.1) is 11.8 Å². The van der Waals surface area contributed by atoms with Gasteiger partial charge in [-0.2, -0.15) is 0 Å². The van der Waals surface area contributed by atoms with E-state index in [2.05, 4.69) is 4.98 Å². The van der Waals surface area contributed by atoms with Crippen molar-refractivity contribution in [3.8, 4) is 0 Å². The van der Waals surface area contributed by atoms with Crippen LogP contribution >= 0.6 is 11.8 Å². The van der Waals surface area contributed by atoms with Crippen LogP contribution in [0.1, 0.15) is 5.56 Å². The monoisotopic (exact) mass is 167 g/mol. The van der Waals surface area contributed by atoms with Gasteiger partial charge in [0.25, 0.3) is 0 Å². The molecule has 0 amide bonds. The Balaban J connectivity index is 3.20. The first kappa shape index (κ1) is 8.07. The summed E-state index contributed by atoms with van der Waals surface area (Å²) in [7, 11) is 0. The maximum Gasteiger partial charge on any atom is 0.119 e. The second kappa shape index (κ2) is 3.39. The van der Waals surface area contributed by atoms with Crippen LogP contribution in [0.4, 0.5) is 5.69 Å². The summed E-state index contributed by atoms with van der Waals surface area (Å²) < 4.78 is 0. The minimum absolute atomic E-state index is 0.593. The van der Waals surface area contributed by atoms with E-state index in [4.69, 9.17) is 11.1 Å². The fourth-order valence-electron chi connectivity index (χ4n) is 0.757. The number of anilines is 1. The summed E-state index contributed by atoms with van der Waals surface area (Å²) >= 11 is 1.49. The molecular weight excluding hydrogens is 158 g/mol. The van der Waals surface area contributed by atoms with Crippen molar-refractivity contribution in [2.75, 3.05) is 12.0 Å². The number of nitrogens with two attached hydrogens (primary N) is 1. The molecule has 3 N–H and O–H groups in total. The van der Waals surface area contributed by atoms with Gasteiger partial charge in [0, 0.05) is 18.0 Å². The number of nitrogens with zero attached hydrogens (tertiary/aromatic N) is 1. The van der Waals surface area contributed by atoms with Crippen LogP contribution in [-0.2, 0) is 0 Å². The molecule has 0 aliphatic carbocycles. The van der Waals surface area contributed by atoms with Gasteiger partial charge in [-0.1, -0.05) is 0 Å². The molecule has 1 heterocycles. The molecule has 0 aliphatic rings. The lowest BCUT2D eigenvalue weighted by atomic mass is 10.2. The number of hydrogen-bond acceptors (Lipinski definition) is 4. The van der Waals surface area contributed by atoms with Crippen LogP contribution < -0.4 is 5.73 Å². The summed E-state index contributed by atoms with van der Waals surface area (Å²) in [6.07, 6.45) is 4.80. The average Bonchev–Trinajstić information content (AvgIpc) is 2.05. The molecule has 58 valence electrons. The van der Waals surface area contributed by atoms with Crippen LogP contribution in [0.3, 0.4) is 0 Å². The first-order valence-corrected chi connectivity index (χ1v) is 4.31. The first-order valence-electron chi connectivity index (χ1n) is 3.08. The van der Waals surface area contributed by atoms with E-state index in [-0.39, 0.29) is 0 Å². The van der Waals surface area contributed by atoms with Gasteiger partial charge in [0.1, 0.15) is 5.03 Å². The topological polar surface area (TPSA) is 62.8 Å². The van der Waals surface area contributed by atoms with Crippen molar-refractivity contribution in [3.05, 3.63) is 17.8 Å². The molecule has 1 aromatic rings. The van der Waals surface area contributed by atoms with Crippen LogP contribution in [0.25, 0.3) is 0 Å². The highest BCUT2D eigenvalue weighted by Gasteiger charge is 2.01. The van der Waals surface area contributed by atoms with Crippen molar-refractivity contribution in [1.29, 1.82) is 5.41 Å². The van der Waals surface area contributed by atoms with Crippen LogP contribution in [0.15, 0.2) is 17.3 Å². The van der Waals surface area contributed by atoms with Gasteiger partial charge in [-0.3, -0.25) is 0 Å². The minimum Gasteiger partial charge on any atom is -0.396 e. The van der Waals surface area contributed by atoms with Crippen molar-refractivity contribution >= 4 is 23.7 Å². The predicted molar refractivity (Wildman–Crippen MR) is 48.3 cm³/mol. The summed E-state index contributed by atoms with van der Waals surface area (Å²) in [5.74, 6) is 0. The van der Waals surface area contributed by atoms with Crippen molar-refractivity contribution in [2.45, 2.75) is 5.03 Å². The highest BCUT2D eigenvalue weighted by Crippen LogP contribution is 2.21. The van der Waals surface area contributed by atoms with Gasteiger partial charge < -0.3 is 11.1 Å². The smallest absolute Gasteiger partial charge is 0.119 e. The molecule has 0 spiro atoms. The molecule has 11 heavy (non-hydrogen) atoms. The number of aromatic nitrogens is 1. The van der Waals surface area contributed by atoms with Gasteiger partial charge in [0.2, 0.25) is 0 Å². The van der Waals surface area contributed by atoms with Gasteiger partial charge in [0.15, 0.2) is 0 Å². The number of pyridine rings is 1. The van der Waals surface area contributed by atoms with Crippen molar-refractivity contribution in [1.82, 2.24) is 4.98 Å². The Morgan fingerprint density at radius 3 is 3.00 bits per heavy atom. The predicted octanol–water partition coefficient (Wildman–Crippen LogP) is 1.38. The number of thioether (sulfide) groups is 1. The number of nitrogen functional groups attached to an aromatic ring is 1. The van der Waals surface area contributed by atoms with E-state index < -0.39 is 0 Å². The van der Waals surface area contributed by atoms with Gasteiger partial charge in [0.05, 0.1) is 5.69 Å². The lowest BCUT2D eigenvalue weighted by molar-refractivity contribution is 1.14. The maximum atomic E-state index is 7.01. The highest BCUT2D eigenvalue weighted by atomic mass is 32.2. The summed E-state index contributed by atoms with van der Waals surface area (Å²) in [4.78, 5) is 4.04. The summed E-state index contributed by atoms with van der Waals surface area (Å²) in [6.45, 7) is 0. The summed E-state index contributed by atoms with van der Waals surface area (Å²) in [6, 6.07) is 1.72. The quantitative estimate of drug-likeness (QED) is 0.516. The Bertz CT molecular complexity index is 272. The third kappa shape index (κ3) is 1.51. The van der Waals surface area contributed by atoms with Gasteiger partial charge >= 0.3 is 0 Å². The van der Waals surface area contributed by atoms with E-state index in [1.807, 2.05) is 6.26 Å². The van der Waals surface area contributed by atoms with Crippen molar-refractivity contribution in [3.63, 3.8) is 0 Å². The molecule has 0 fully saturated rings. The Kier molecular flexibility index (Phi) is 2.48. The highest BCUT2D eigenvalue weighted by molar-refractivity contribution is 7.98. The van der Waals surface area contributed by atoms with E-state index in [1.165, 1.54) is 18.0 Å². The van der Waals surface area contributed by atoms with Gasteiger partial charge in [-0.25, -0.2) is 4.98 Å². The molecular formula is C7H9N3S. The van der Waals surface area contributed by atoms with E-state index in [0.717, 1.165) is 10.6 Å². The molecule has 1 aromatic heterocycles. The maximum absolute atomic E-state index is 7.01. The van der Waals surface area contributed by atoms with Crippen LogP contribution in [0.5, 0.6) is 0 Å². The number of hydrogen-bond donors (Lipinski definition) is 2. The molecule has 0 unspecified atom stereocenters. The molecule has 4 heteroatoms. The van der Waals surface area contributed by atoms with Crippen LogP contribution in [0.2, 0.25) is 0 Å². The number of rotatable bonds is 2. The zero-order valence-corrected chi connectivity index (χ0v) is 6.98. The number of nitrogens with one attached hydrogen (secondary N) is 1. The Morgan fingerprint density at radius 2 is 2.45 bits per heavy atom. The normalized spacial score (nSPS) is 9.55. The Hall–Kier alpha value is -1.03. The first-order chi connectivity index (χ1) is 5.29. The Labute approximate surface area is 69.5 Å². The third-order valence-corrected chi connectivity index (χ3v) is 2.05. The van der Waals surface area contributed by atoms with Crippen molar-refractivity contribution < 1.29 is 0 Å². The molecule has 0 aliphatic heterocycles. The fraction of sp³-hybridized carbons (Fsp3) is 0.143. The lowest BCUT2D eigenvalue weighted by Gasteiger charge is -2.02. The second-order valence-electron chi connectivity index (χ2n) is 1.97. The molecule has 0 bridgehead atoms. The molecule has 0 saturated carbocycles. The van der Waals surface area contributed by atoms with Crippen LogP contribution in [-0.4, -0.2) is 17.5 Å². The fourth-order valence-corrected chi connectivity index (χ4v) is 1.26. The summed E-state index contributed by atoms with van der Waals surface area (Å²) in [5, 5.41) is 7.80. The Morgan fingerprint density at radius 1 is 1.73 bits per heavy atom. The molecule has 0 saturated heterocycles. The molecule has 0 atom stereocenters. The van der Waals surface area contributed by atoms with Gasteiger partial charge in [-0.05, 0) is 12.3 Å². The standard InChI is InChI=1S/C7H9N3S/c1-11-7-6(9)5(4-8)2-3-10-7/h2-4,8H,9H2,1H3. The van der Waals surface area contributed by atoms with E-state index in [9.17, 15) is 0 Å². The van der Waals surface area contributed by atoms with Crippen LogP contribution in [0, 0.1) is 5.41 Å². The summed E-state index contributed by atoms with van der Waals surface area (Å²) in [5.41, 5.74) is 6.99. The molecule has 0 aromatic carbocycles. The van der Waals surface area contributed by atoms with E-state index in [1.54, 1.807) is 12.3 Å². The zero-order chi connectivity index (χ0) is 8.27. The molecule has 1 rings (SSSR count). The average molecular weight is 167 g/mol. The SMILES string of the molecule is CSc1nccc(C=N)c1N. The molecule has 3 nitrogen and oxygen atoms in total. The lowest BCUT2D eigenvalue weighted by Crippen LogP contribution is -1.96. The second-order valence-corrected chi connectivity index (χ2v) is 2.76. The minimum atomic E-state index is 0.593. The molecule has 0 radical (unpaired) electrons. The van der Waals surface area contributed by atoms with E-state index >= 15 is 0 Å². The van der Waals surface area contributed by atoms with E-state index in [0.29, 0.717) is 5.69 Å². The third-order valence-electron chi connectivity index (χ3n) is 1.34. The largest absolute Gasteiger partial charge is 0.396 e. The van der Waals surface area contributed by atoms with Crippen molar-refractivity contribution in [2.24, 2.45) is 0 Å². The zero-order valence-electron chi connectivity index (χ0n) is 6.16.